The summed E-state index contributed by atoms with van der Waals surface area (Å²) in [5, 5.41) is 1.59. The lowest BCUT2D eigenvalue weighted by molar-refractivity contribution is 0.153. The van der Waals surface area contributed by atoms with Gasteiger partial charge < -0.3 is 5.01 Å². The number of hydrogen-bond acceptors (Lipinski definition) is 2. The Morgan fingerprint density at radius 2 is 1.43 bits per heavy atom. The predicted octanol–water partition coefficient (Wildman–Crippen LogP) is 2.93. The zero-order chi connectivity index (χ0) is 11.7. The molecule has 0 aromatic heterocycles. The lowest BCUT2D eigenvalue weighted by Crippen LogP contribution is -2.42. The van der Waals surface area contributed by atoms with Gasteiger partial charge in [0.05, 0.1) is 0 Å². The molecule has 14 heavy (non-hydrogen) atoms. The highest BCUT2D eigenvalue weighted by molar-refractivity contribution is 5.19. The number of allylic oxidation sites excluding steroid dienone is 2. The molecule has 2 nitrogen and oxygen atoms in total. The van der Waals surface area contributed by atoms with Crippen LogP contribution in [0.5, 0.6) is 0 Å². The van der Waals surface area contributed by atoms with Crippen molar-refractivity contribution in [1.29, 1.82) is 0 Å². The summed E-state index contributed by atoms with van der Waals surface area (Å²) in [6, 6.07) is 0. The van der Waals surface area contributed by atoms with E-state index in [9.17, 15) is 0 Å². The Kier molecular flexibility index (Phi) is 3.57. The second-order valence-electron chi connectivity index (χ2n) is 5.09. The minimum atomic E-state index is -0.0949. The average molecular weight is 196 g/mol. The minimum absolute atomic E-state index is 0.0162. The standard InChI is InChI=1S/C12H24N2/c1-9(2)11(4,5)12(6,7)10(3)14(8)13/h1,3,13H2,2,4-8H3. The molecule has 0 saturated heterocycles. The van der Waals surface area contributed by atoms with Gasteiger partial charge in [-0.2, -0.15) is 0 Å². The van der Waals surface area contributed by atoms with Crippen molar-refractivity contribution < 1.29 is 0 Å². The number of nitrogens with two attached hydrogens (primary N) is 1. The third-order valence-electron chi connectivity index (χ3n) is 3.78. The van der Waals surface area contributed by atoms with Crippen molar-refractivity contribution in [2.24, 2.45) is 16.7 Å². The van der Waals surface area contributed by atoms with Crippen molar-refractivity contribution in [1.82, 2.24) is 5.01 Å². The first-order valence-corrected chi connectivity index (χ1v) is 4.89. The Morgan fingerprint density at radius 1 is 1.07 bits per heavy atom. The van der Waals surface area contributed by atoms with E-state index in [2.05, 4.69) is 40.9 Å². The summed E-state index contributed by atoms with van der Waals surface area (Å²) in [6.07, 6.45) is 0. The summed E-state index contributed by atoms with van der Waals surface area (Å²) in [7, 11) is 1.82. The van der Waals surface area contributed by atoms with Gasteiger partial charge in [0.2, 0.25) is 0 Å². The third-order valence-corrected chi connectivity index (χ3v) is 3.78. The van der Waals surface area contributed by atoms with Crippen LogP contribution in [0.2, 0.25) is 0 Å². The van der Waals surface area contributed by atoms with Crippen LogP contribution in [0.1, 0.15) is 34.6 Å². The van der Waals surface area contributed by atoms with Crippen LogP contribution in [-0.4, -0.2) is 12.1 Å². The van der Waals surface area contributed by atoms with Gasteiger partial charge in [0.1, 0.15) is 0 Å². The molecular formula is C12H24N2. The molecule has 0 aromatic rings. The summed E-state index contributed by atoms with van der Waals surface area (Å²) in [5.41, 5.74) is 1.95. The van der Waals surface area contributed by atoms with Gasteiger partial charge in [-0.15, -0.1) is 0 Å². The molecule has 0 atom stereocenters. The fraction of sp³-hybridized carbons (Fsp3) is 0.667. The normalized spacial score (nSPS) is 12.5. The van der Waals surface area contributed by atoms with E-state index in [0.717, 1.165) is 11.3 Å². The van der Waals surface area contributed by atoms with E-state index in [-0.39, 0.29) is 10.8 Å². The van der Waals surface area contributed by atoms with Gasteiger partial charge in [-0.1, -0.05) is 46.4 Å². The summed E-state index contributed by atoms with van der Waals surface area (Å²) in [4.78, 5) is 0. The van der Waals surface area contributed by atoms with Crippen LogP contribution in [0.25, 0.3) is 0 Å². The summed E-state index contributed by atoms with van der Waals surface area (Å²) in [6.45, 7) is 18.7. The fourth-order valence-corrected chi connectivity index (χ4v) is 1.34. The van der Waals surface area contributed by atoms with Crippen molar-refractivity contribution in [2.75, 3.05) is 7.05 Å². The maximum Gasteiger partial charge on any atom is 0.0281 e. The van der Waals surface area contributed by atoms with Crippen molar-refractivity contribution in [3.8, 4) is 0 Å². The van der Waals surface area contributed by atoms with E-state index in [1.807, 2.05) is 14.0 Å². The molecule has 0 radical (unpaired) electrons. The summed E-state index contributed by atoms with van der Waals surface area (Å²) >= 11 is 0. The Labute approximate surface area is 88.4 Å². The van der Waals surface area contributed by atoms with E-state index in [4.69, 9.17) is 5.84 Å². The molecular weight excluding hydrogens is 172 g/mol. The molecule has 0 aliphatic carbocycles. The molecule has 0 unspecified atom stereocenters. The number of rotatable bonds is 4. The van der Waals surface area contributed by atoms with Gasteiger partial charge in [0.25, 0.3) is 0 Å². The quantitative estimate of drug-likeness (QED) is 0.425. The molecule has 0 bridgehead atoms. The lowest BCUT2D eigenvalue weighted by atomic mass is 9.63. The fourth-order valence-electron chi connectivity index (χ4n) is 1.34. The smallest absolute Gasteiger partial charge is 0.0281 e. The van der Waals surface area contributed by atoms with E-state index < -0.39 is 0 Å². The van der Waals surface area contributed by atoms with Crippen LogP contribution in [0.4, 0.5) is 0 Å². The maximum absolute atomic E-state index is 5.72. The SMILES string of the molecule is C=C(C)C(C)(C)C(C)(C)C(=C)N(C)N. The maximum atomic E-state index is 5.72. The molecule has 0 aliphatic heterocycles. The molecule has 0 aliphatic rings. The van der Waals surface area contributed by atoms with Crippen LogP contribution in [0.3, 0.4) is 0 Å². The summed E-state index contributed by atoms with van der Waals surface area (Å²) in [5.74, 6) is 5.72. The monoisotopic (exact) mass is 196 g/mol. The van der Waals surface area contributed by atoms with Gasteiger partial charge >= 0.3 is 0 Å². The van der Waals surface area contributed by atoms with Gasteiger partial charge in [0, 0.05) is 18.2 Å². The first-order chi connectivity index (χ1) is 6.05. The van der Waals surface area contributed by atoms with E-state index in [1.165, 1.54) is 0 Å². The number of hydrogen-bond donors (Lipinski definition) is 1. The molecule has 0 spiro atoms. The van der Waals surface area contributed by atoms with Gasteiger partial charge in [-0.25, -0.2) is 5.84 Å². The second kappa shape index (κ2) is 3.77. The van der Waals surface area contributed by atoms with E-state index in [1.54, 1.807) is 5.01 Å². The van der Waals surface area contributed by atoms with Crippen LogP contribution >= 0.6 is 0 Å². The highest BCUT2D eigenvalue weighted by Crippen LogP contribution is 2.47. The van der Waals surface area contributed by atoms with Crippen LogP contribution < -0.4 is 5.84 Å². The summed E-state index contributed by atoms with van der Waals surface area (Å²) < 4.78 is 0. The lowest BCUT2D eigenvalue weighted by Gasteiger charge is -2.45. The van der Waals surface area contributed by atoms with Crippen LogP contribution in [0.15, 0.2) is 24.4 Å². The van der Waals surface area contributed by atoms with Gasteiger partial charge in [-0.05, 0) is 12.3 Å². The molecule has 0 amide bonds. The third kappa shape index (κ3) is 2.01. The Balaban J connectivity index is 5.14. The Morgan fingerprint density at radius 3 is 1.64 bits per heavy atom. The van der Waals surface area contributed by atoms with Crippen molar-refractivity contribution in [3.63, 3.8) is 0 Å². The minimum Gasteiger partial charge on any atom is -0.318 e. The molecule has 82 valence electrons. The number of hydrazine groups is 1. The highest BCUT2D eigenvalue weighted by atomic mass is 15.4. The topological polar surface area (TPSA) is 29.3 Å². The Bertz CT molecular complexity index is 247. The molecule has 0 saturated carbocycles. The molecule has 2 heteroatoms. The highest BCUT2D eigenvalue weighted by Gasteiger charge is 2.40. The molecule has 2 N–H and O–H groups in total. The van der Waals surface area contributed by atoms with Gasteiger partial charge in [-0.3, -0.25) is 0 Å². The van der Waals surface area contributed by atoms with Crippen LogP contribution in [0, 0.1) is 10.8 Å². The molecule has 0 rings (SSSR count). The van der Waals surface area contributed by atoms with Crippen molar-refractivity contribution >= 4 is 0 Å². The zero-order valence-electron chi connectivity index (χ0n) is 10.4. The second-order valence-corrected chi connectivity index (χ2v) is 5.09. The number of nitrogens with zero attached hydrogens (tertiary/aromatic N) is 1. The zero-order valence-corrected chi connectivity index (χ0v) is 10.4. The van der Waals surface area contributed by atoms with Crippen LogP contribution in [-0.2, 0) is 0 Å². The van der Waals surface area contributed by atoms with Crippen molar-refractivity contribution in [3.05, 3.63) is 24.4 Å². The van der Waals surface area contributed by atoms with Crippen molar-refractivity contribution in [2.45, 2.75) is 34.6 Å². The predicted molar refractivity (Wildman–Crippen MR) is 63.5 cm³/mol. The molecule has 0 heterocycles. The molecule has 0 aromatic carbocycles. The first kappa shape index (κ1) is 13.2. The van der Waals surface area contributed by atoms with Gasteiger partial charge in [0.15, 0.2) is 0 Å². The average Bonchev–Trinajstić information content (AvgIpc) is 2.01. The largest absolute Gasteiger partial charge is 0.318 e. The first-order valence-electron chi connectivity index (χ1n) is 4.89. The Hall–Kier alpha value is -0.760. The van der Waals surface area contributed by atoms with E-state index >= 15 is 0 Å². The van der Waals surface area contributed by atoms with E-state index in [0.29, 0.717) is 0 Å². The molecule has 0 fully saturated rings.